The standard InChI is InChI=1S/C13H23N3O/c1-3-11-10-7-14-6-9(10)8-16(11)12-4-5-15(2)13(12)17/h9-12,14H,3-8H2,1-2H3. The van der Waals surface area contributed by atoms with Gasteiger partial charge in [0, 0.05) is 26.2 Å². The van der Waals surface area contributed by atoms with Gasteiger partial charge in [-0.2, -0.15) is 0 Å². The molecule has 17 heavy (non-hydrogen) atoms. The molecule has 4 unspecified atom stereocenters. The average Bonchev–Trinajstić information content (AvgIpc) is 2.95. The van der Waals surface area contributed by atoms with Crippen LogP contribution in [0.3, 0.4) is 0 Å². The second-order valence-electron chi connectivity index (χ2n) is 5.82. The molecule has 0 aromatic rings. The lowest BCUT2D eigenvalue weighted by Gasteiger charge is -2.31. The van der Waals surface area contributed by atoms with E-state index in [4.69, 9.17) is 0 Å². The predicted molar refractivity (Wildman–Crippen MR) is 66.7 cm³/mol. The van der Waals surface area contributed by atoms with Crippen molar-refractivity contribution >= 4 is 5.91 Å². The lowest BCUT2D eigenvalue weighted by atomic mass is 9.92. The Morgan fingerprint density at radius 1 is 1.41 bits per heavy atom. The van der Waals surface area contributed by atoms with Gasteiger partial charge in [-0.15, -0.1) is 0 Å². The normalized spacial score (nSPS) is 42.5. The molecule has 1 N–H and O–H groups in total. The zero-order valence-corrected chi connectivity index (χ0v) is 10.9. The Labute approximate surface area is 103 Å². The number of carbonyl (C=O) groups excluding carboxylic acids is 1. The maximum atomic E-state index is 12.1. The third-order valence-electron chi connectivity index (χ3n) is 4.98. The summed E-state index contributed by atoms with van der Waals surface area (Å²) in [7, 11) is 1.93. The summed E-state index contributed by atoms with van der Waals surface area (Å²) in [6.07, 6.45) is 2.20. The Balaban J connectivity index is 1.77. The summed E-state index contributed by atoms with van der Waals surface area (Å²) >= 11 is 0. The van der Waals surface area contributed by atoms with Gasteiger partial charge in [0.2, 0.25) is 5.91 Å². The highest BCUT2D eigenvalue weighted by Crippen LogP contribution is 2.37. The molecular formula is C13H23N3O. The van der Waals surface area contributed by atoms with Crippen molar-refractivity contribution in [2.24, 2.45) is 11.8 Å². The highest BCUT2D eigenvalue weighted by Gasteiger charge is 2.48. The van der Waals surface area contributed by atoms with Crippen LogP contribution in [0.1, 0.15) is 19.8 Å². The van der Waals surface area contributed by atoms with Gasteiger partial charge < -0.3 is 10.2 Å². The monoisotopic (exact) mass is 237 g/mol. The molecule has 0 aromatic carbocycles. The zero-order valence-electron chi connectivity index (χ0n) is 10.9. The smallest absolute Gasteiger partial charge is 0.239 e. The van der Waals surface area contributed by atoms with Crippen molar-refractivity contribution in [3.63, 3.8) is 0 Å². The van der Waals surface area contributed by atoms with Crippen molar-refractivity contribution < 1.29 is 4.79 Å². The number of fused-ring (bicyclic) bond motifs is 1. The van der Waals surface area contributed by atoms with Crippen LogP contribution in [0.5, 0.6) is 0 Å². The van der Waals surface area contributed by atoms with Gasteiger partial charge in [0.05, 0.1) is 6.04 Å². The van der Waals surface area contributed by atoms with Gasteiger partial charge in [-0.1, -0.05) is 6.92 Å². The minimum atomic E-state index is 0.176. The number of hydrogen-bond acceptors (Lipinski definition) is 3. The third-order valence-corrected chi connectivity index (χ3v) is 4.98. The van der Waals surface area contributed by atoms with E-state index in [-0.39, 0.29) is 6.04 Å². The van der Waals surface area contributed by atoms with Crippen molar-refractivity contribution in [1.29, 1.82) is 0 Å². The molecule has 3 rings (SSSR count). The van der Waals surface area contributed by atoms with Crippen LogP contribution in [-0.4, -0.2) is 61.0 Å². The third kappa shape index (κ3) is 1.69. The van der Waals surface area contributed by atoms with Crippen LogP contribution in [-0.2, 0) is 4.79 Å². The van der Waals surface area contributed by atoms with Gasteiger partial charge in [-0.3, -0.25) is 9.69 Å². The van der Waals surface area contributed by atoms with Crippen molar-refractivity contribution in [2.45, 2.75) is 31.8 Å². The quantitative estimate of drug-likeness (QED) is 0.742. The highest BCUT2D eigenvalue weighted by molar-refractivity contribution is 5.83. The van der Waals surface area contributed by atoms with Crippen molar-refractivity contribution in [1.82, 2.24) is 15.1 Å². The van der Waals surface area contributed by atoms with Gasteiger partial charge in [0.1, 0.15) is 0 Å². The minimum Gasteiger partial charge on any atom is -0.344 e. The molecule has 3 aliphatic rings. The first kappa shape index (κ1) is 11.5. The molecule has 3 aliphatic heterocycles. The predicted octanol–water partition coefficient (Wildman–Crippen LogP) is 0.147. The molecule has 4 nitrogen and oxygen atoms in total. The van der Waals surface area contributed by atoms with Gasteiger partial charge in [-0.05, 0) is 37.8 Å². The summed E-state index contributed by atoms with van der Waals surface area (Å²) in [5.41, 5.74) is 0. The number of rotatable bonds is 2. The van der Waals surface area contributed by atoms with E-state index in [1.165, 1.54) is 6.42 Å². The number of likely N-dealkylation sites (tertiary alicyclic amines) is 2. The van der Waals surface area contributed by atoms with E-state index in [9.17, 15) is 4.79 Å². The molecule has 3 fully saturated rings. The summed E-state index contributed by atoms with van der Waals surface area (Å²) in [6.45, 7) is 6.62. The molecule has 4 heteroatoms. The number of hydrogen-bond donors (Lipinski definition) is 1. The van der Waals surface area contributed by atoms with Gasteiger partial charge >= 0.3 is 0 Å². The van der Waals surface area contributed by atoms with Crippen LogP contribution < -0.4 is 5.32 Å². The first-order valence-electron chi connectivity index (χ1n) is 6.93. The summed E-state index contributed by atoms with van der Waals surface area (Å²) < 4.78 is 0. The van der Waals surface area contributed by atoms with Gasteiger partial charge in [0.15, 0.2) is 0 Å². The topological polar surface area (TPSA) is 35.6 Å². The Morgan fingerprint density at radius 2 is 2.24 bits per heavy atom. The summed E-state index contributed by atoms with van der Waals surface area (Å²) in [4.78, 5) is 16.6. The van der Waals surface area contributed by atoms with Crippen LogP contribution in [0.2, 0.25) is 0 Å². The number of amides is 1. The van der Waals surface area contributed by atoms with Crippen molar-refractivity contribution in [3.05, 3.63) is 0 Å². The van der Waals surface area contributed by atoms with E-state index in [1.54, 1.807) is 0 Å². The minimum absolute atomic E-state index is 0.176. The summed E-state index contributed by atoms with van der Waals surface area (Å²) in [6, 6.07) is 0.797. The lowest BCUT2D eigenvalue weighted by molar-refractivity contribution is -0.131. The maximum Gasteiger partial charge on any atom is 0.239 e. The Bertz CT molecular complexity index is 320. The number of nitrogens with one attached hydrogen (secondary N) is 1. The fraction of sp³-hybridized carbons (Fsp3) is 0.923. The summed E-state index contributed by atoms with van der Waals surface area (Å²) in [5, 5.41) is 3.50. The van der Waals surface area contributed by atoms with E-state index in [0.29, 0.717) is 11.9 Å². The second kappa shape index (κ2) is 4.25. The molecule has 0 aliphatic carbocycles. The largest absolute Gasteiger partial charge is 0.344 e. The fourth-order valence-corrected chi connectivity index (χ4v) is 4.06. The first-order valence-corrected chi connectivity index (χ1v) is 6.93. The van der Waals surface area contributed by atoms with Crippen LogP contribution in [0.15, 0.2) is 0 Å². The maximum absolute atomic E-state index is 12.1. The zero-order chi connectivity index (χ0) is 12.0. The molecule has 4 atom stereocenters. The first-order chi connectivity index (χ1) is 8.22. The molecule has 1 amide bonds. The van der Waals surface area contributed by atoms with Crippen LogP contribution in [0, 0.1) is 11.8 Å². The van der Waals surface area contributed by atoms with Gasteiger partial charge in [0.25, 0.3) is 0 Å². The van der Waals surface area contributed by atoms with E-state index in [2.05, 4.69) is 17.1 Å². The molecule has 0 aromatic heterocycles. The van der Waals surface area contributed by atoms with Crippen molar-refractivity contribution in [3.8, 4) is 0 Å². The van der Waals surface area contributed by atoms with E-state index in [1.807, 2.05) is 11.9 Å². The molecule has 96 valence electrons. The Hall–Kier alpha value is -0.610. The van der Waals surface area contributed by atoms with Crippen molar-refractivity contribution in [2.75, 3.05) is 33.2 Å². The Morgan fingerprint density at radius 3 is 2.88 bits per heavy atom. The SMILES string of the molecule is CCC1C2CNCC2CN1C1CCN(C)C1=O. The summed E-state index contributed by atoms with van der Waals surface area (Å²) in [5.74, 6) is 1.90. The Kier molecular flexibility index (Phi) is 2.87. The molecule has 0 spiro atoms. The number of carbonyl (C=O) groups is 1. The molecule has 0 bridgehead atoms. The fourth-order valence-electron chi connectivity index (χ4n) is 4.06. The van der Waals surface area contributed by atoms with Crippen LogP contribution >= 0.6 is 0 Å². The van der Waals surface area contributed by atoms with E-state index < -0.39 is 0 Å². The molecule has 3 heterocycles. The molecule has 0 radical (unpaired) electrons. The average molecular weight is 237 g/mol. The number of nitrogens with zero attached hydrogens (tertiary/aromatic N) is 2. The second-order valence-corrected chi connectivity index (χ2v) is 5.82. The van der Waals surface area contributed by atoms with E-state index >= 15 is 0 Å². The number of likely N-dealkylation sites (N-methyl/N-ethyl adjacent to an activating group) is 1. The van der Waals surface area contributed by atoms with E-state index in [0.717, 1.165) is 44.4 Å². The molecule has 0 saturated carbocycles. The molecule has 3 saturated heterocycles. The van der Waals surface area contributed by atoms with Crippen LogP contribution in [0.25, 0.3) is 0 Å². The van der Waals surface area contributed by atoms with Crippen LogP contribution in [0.4, 0.5) is 0 Å². The van der Waals surface area contributed by atoms with Gasteiger partial charge in [-0.25, -0.2) is 0 Å². The lowest BCUT2D eigenvalue weighted by Crippen LogP contribution is -2.46. The molecular weight excluding hydrogens is 214 g/mol. The highest BCUT2D eigenvalue weighted by atomic mass is 16.2.